The number of unbranched alkanes of at least 4 members (excludes halogenated alkanes) is 1. The molecule has 0 N–H and O–H groups in total. The molecular formula is C19H25N. The number of allylic oxidation sites excluding steroid dienone is 4. The quantitative estimate of drug-likeness (QED) is 0.508. The third-order valence-corrected chi connectivity index (χ3v) is 4.07. The predicted molar refractivity (Wildman–Crippen MR) is 89.3 cm³/mol. The summed E-state index contributed by atoms with van der Waals surface area (Å²) in [5, 5.41) is 0. The van der Waals surface area contributed by atoms with Crippen molar-refractivity contribution < 1.29 is 0 Å². The summed E-state index contributed by atoms with van der Waals surface area (Å²) in [5.74, 6) is 0.500. The topological polar surface area (TPSA) is 12.4 Å². The van der Waals surface area contributed by atoms with Gasteiger partial charge >= 0.3 is 0 Å². The van der Waals surface area contributed by atoms with Crippen LogP contribution in [-0.4, -0.2) is 12.8 Å². The first kappa shape index (κ1) is 14.8. The van der Waals surface area contributed by atoms with E-state index in [1.165, 1.54) is 34.3 Å². The van der Waals surface area contributed by atoms with E-state index in [9.17, 15) is 0 Å². The molecule has 1 aromatic rings. The number of aliphatic imine (C=N–C) groups is 1. The largest absolute Gasteiger partial charge is 0.293 e. The van der Waals surface area contributed by atoms with Gasteiger partial charge in [0.25, 0.3) is 0 Å². The minimum absolute atomic E-state index is 0.500. The third kappa shape index (κ3) is 3.09. The fourth-order valence-electron chi connectivity index (χ4n) is 2.85. The highest BCUT2D eigenvalue weighted by molar-refractivity contribution is 5.91. The molecule has 1 aromatic carbocycles. The summed E-state index contributed by atoms with van der Waals surface area (Å²) >= 11 is 0. The number of benzene rings is 1. The van der Waals surface area contributed by atoms with Gasteiger partial charge in [0.2, 0.25) is 0 Å². The van der Waals surface area contributed by atoms with Gasteiger partial charge in [0.05, 0.1) is 0 Å². The fraction of sp³-hybridized carbons (Fsp3) is 0.421. The molecule has 1 heteroatoms. The highest BCUT2D eigenvalue weighted by atomic mass is 14.7. The van der Waals surface area contributed by atoms with E-state index < -0.39 is 0 Å². The normalized spacial score (nSPS) is 19.0. The number of hydrogen-bond donors (Lipinski definition) is 0. The van der Waals surface area contributed by atoms with Gasteiger partial charge in [0.1, 0.15) is 0 Å². The summed E-state index contributed by atoms with van der Waals surface area (Å²) < 4.78 is 0. The Bertz CT molecular complexity index is 561. The maximum Gasteiger partial charge on any atom is 0.0389 e. The molecule has 0 aliphatic heterocycles. The van der Waals surface area contributed by atoms with Crippen molar-refractivity contribution in [2.75, 3.05) is 6.54 Å². The molecule has 106 valence electrons. The van der Waals surface area contributed by atoms with Crippen LogP contribution in [-0.2, 0) is 0 Å². The van der Waals surface area contributed by atoms with Gasteiger partial charge in [-0.2, -0.15) is 0 Å². The van der Waals surface area contributed by atoms with E-state index in [1.807, 2.05) is 6.21 Å². The van der Waals surface area contributed by atoms with E-state index in [2.05, 4.69) is 63.0 Å². The molecule has 0 aromatic heterocycles. The van der Waals surface area contributed by atoms with Gasteiger partial charge in [-0.05, 0) is 42.5 Å². The second-order valence-corrected chi connectivity index (χ2v) is 5.65. The zero-order valence-electron chi connectivity index (χ0n) is 13.1. The Morgan fingerprint density at radius 2 is 1.95 bits per heavy atom. The van der Waals surface area contributed by atoms with Crippen LogP contribution in [0.1, 0.15) is 51.7 Å². The summed E-state index contributed by atoms with van der Waals surface area (Å²) in [5.41, 5.74) is 6.87. The molecule has 0 amide bonds. The van der Waals surface area contributed by atoms with E-state index >= 15 is 0 Å². The first-order valence-electron chi connectivity index (χ1n) is 7.64. The second kappa shape index (κ2) is 6.69. The summed E-state index contributed by atoms with van der Waals surface area (Å²) in [6.07, 6.45) is 6.77. The average molecular weight is 267 g/mol. The molecule has 1 unspecified atom stereocenters. The maximum atomic E-state index is 4.57. The zero-order valence-corrected chi connectivity index (χ0v) is 13.1. The zero-order chi connectivity index (χ0) is 14.5. The van der Waals surface area contributed by atoms with Crippen molar-refractivity contribution in [2.45, 2.75) is 40.5 Å². The van der Waals surface area contributed by atoms with Crippen LogP contribution in [0.15, 0.2) is 46.5 Å². The van der Waals surface area contributed by atoms with Crippen molar-refractivity contribution in [1.82, 2.24) is 0 Å². The molecule has 0 spiro atoms. The van der Waals surface area contributed by atoms with E-state index in [-0.39, 0.29) is 0 Å². The molecule has 1 aliphatic carbocycles. The second-order valence-electron chi connectivity index (χ2n) is 5.65. The van der Waals surface area contributed by atoms with Crippen molar-refractivity contribution in [1.29, 1.82) is 0 Å². The molecule has 0 saturated heterocycles. The Morgan fingerprint density at radius 3 is 2.60 bits per heavy atom. The van der Waals surface area contributed by atoms with E-state index in [1.54, 1.807) is 0 Å². The summed E-state index contributed by atoms with van der Waals surface area (Å²) in [6.45, 7) is 9.84. The lowest BCUT2D eigenvalue weighted by molar-refractivity contribution is 0.810. The standard InChI is InChI=1S/C19H25N/c1-5-6-11-20-13-17-9-7-8-10-18(17)19-15(3)12-14(2)16(19)4/h7-10,12-13,15H,5-6,11H2,1-4H3. The van der Waals surface area contributed by atoms with Crippen molar-refractivity contribution in [3.8, 4) is 0 Å². The van der Waals surface area contributed by atoms with Crippen LogP contribution in [0.25, 0.3) is 5.57 Å². The molecule has 0 bridgehead atoms. The lowest BCUT2D eigenvalue weighted by Gasteiger charge is -2.13. The maximum absolute atomic E-state index is 4.57. The molecule has 2 rings (SSSR count). The molecule has 0 saturated carbocycles. The van der Waals surface area contributed by atoms with Crippen LogP contribution in [0.3, 0.4) is 0 Å². The monoisotopic (exact) mass is 267 g/mol. The Morgan fingerprint density at radius 1 is 1.20 bits per heavy atom. The van der Waals surface area contributed by atoms with Crippen molar-refractivity contribution in [3.63, 3.8) is 0 Å². The minimum atomic E-state index is 0.500. The Kier molecular flexibility index (Phi) is 4.94. The number of hydrogen-bond acceptors (Lipinski definition) is 1. The summed E-state index contributed by atoms with van der Waals surface area (Å²) in [7, 11) is 0. The molecule has 1 atom stereocenters. The Balaban J connectivity index is 2.32. The molecule has 0 fully saturated rings. The lowest BCUT2D eigenvalue weighted by atomic mass is 9.91. The highest BCUT2D eigenvalue weighted by Gasteiger charge is 2.20. The highest BCUT2D eigenvalue weighted by Crippen LogP contribution is 2.38. The predicted octanol–water partition coefficient (Wildman–Crippen LogP) is 5.28. The molecule has 1 nitrogen and oxygen atoms in total. The van der Waals surface area contributed by atoms with Crippen LogP contribution in [0, 0.1) is 5.92 Å². The molecular weight excluding hydrogens is 242 g/mol. The van der Waals surface area contributed by atoms with E-state index in [0.717, 1.165) is 13.0 Å². The van der Waals surface area contributed by atoms with Gasteiger partial charge in [-0.3, -0.25) is 4.99 Å². The van der Waals surface area contributed by atoms with Gasteiger partial charge in [-0.1, -0.05) is 56.2 Å². The number of nitrogens with zero attached hydrogens (tertiary/aromatic N) is 1. The SMILES string of the molecule is CCCCN=Cc1ccccc1C1=C(C)C(C)=CC1C. The Labute approximate surface area is 123 Å². The summed E-state index contributed by atoms with van der Waals surface area (Å²) in [6, 6.07) is 8.62. The lowest BCUT2D eigenvalue weighted by Crippen LogP contribution is -1.98. The summed E-state index contributed by atoms with van der Waals surface area (Å²) in [4.78, 5) is 4.57. The average Bonchev–Trinajstić information content (AvgIpc) is 2.69. The third-order valence-electron chi connectivity index (χ3n) is 4.07. The van der Waals surface area contributed by atoms with Gasteiger partial charge in [0, 0.05) is 18.7 Å². The molecule has 0 heterocycles. The fourth-order valence-corrected chi connectivity index (χ4v) is 2.85. The number of rotatable bonds is 5. The Hall–Kier alpha value is -1.63. The molecule has 1 aliphatic rings. The van der Waals surface area contributed by atoms with E-state index in [0.29, 0.717) is 5.92 Å². The van der Waals surface area contributed by atoms with Crippen LogP contribution in [0.2, 0.25) is 0 Å². The minimum Gasteiger partial charge on any atom is -0.293 e. The first-order chi connectivity index (χ1) is 9.65. The van der Waals surface area contributed by atoms with Crippen LogP contribution >= 0.6 is 0 Å². The van der Waals surface area contributed by atoms with Crippen molar-refractivity contribution >= 4 is 11.8 Å². The van der Waals surface area contributed by atoms with Crippen LogP contribution in [0.5, 0.6) is 0 Å². The van der Waals surface area contributed by atoms with Crippen molar-refractivity contribution in [2.24, 2.45) is 10.9 Å². The van der Waals surface area contributed by atoms with Crippen molar-refractivity contribution in [3.05, 3.63) is 52.6 Å². The van der Waals surface area contributed by atoms with Gasteiger partial charge in [-0.15, -0.1) is 0 Å². The van der Waals surface area contributed by atoms with Crippen LogP contribution < -0.4 is 0 Å². The van der Waals surface area contributed by atoms with Gasteiger partial charge in [0.15, 0.2) is 0 Å². The smallest absolute Gasteiger partial charge is 0.0389 e. The van der Waals surface area contributed by atoms with Gasteiger partial charge < -0.3 is 0 Å². The van der Waals surface area contributed by atoms with Gasteiger partial charge in [-0.25, -0.2) is 0 Å². The molecule has 20 heavy (non-hydrogen) atoms. The first-order valence-corrected chi connectivity index (χ1v) is 7.64. The van der Waals surface area contributed by atoms with Crippen LogP contribution in [0.4, 0.5) is 0 Å². The van der Waals surface area contributed by atoms with E-state index in [4.69, 9.17) is 0 Å². The molecule has 0 radical (unpaired) electrons.